The third kappa shape index (κ3) is 4.38. The van der Waals surface area contributed by atoms with Crippen LogP contribution in [0.15, 0.2) is 42.5 Å². The first-order chi connectivity index (χ1) is 10.8. The number of allylic oxidation sites excluding steroid dienone is 1. The third-order valence-electron chi connectivity index (χ3n) is 3.83. The second kappa shape index (κ2) is 6.91. The Hall–Kier alpha value is -2.22. The summed E-state index contributed by atoms with van der Waals surface area (Å²) >= 11 is 0. The molecule has 0 spiro atoms. The van der Waals surface area contributed by atoms with Crippen LogP contribution >= 0.6 is 0 Å². The Balaban J connectivity index is 2.16. The van der Waals surface area contributed by atoms with Gasteiger partial charge in [-0.15, -0.1) is 0 Å². The van der Waals surface area contributed by atoms with Gasteiger partial charge >= 0.3 is 0 Å². The van der Waals surface area contributed by atoms with Gasteiger partial charge in [-0.25, -0.2) is 0 Å². The zero-order chi connectivity index (χ0) is 17.0. The van der Waals surface area contributed by atoms with Gasteiger partial charge in [-0.3, -0.25) is 0 Å². The summed E-state index contributed by atoms with van der Waals surface area (Å²) in [5.74, 6) is 1.16. The Morgan fingerprint density at radius 3 is 2.30 bits per heavy atom. The average molecular weight is 310 g/mol. The first kappa shape index (κ1) is 17.1. The number of aryl methyl sites for hydroxylation is 1. The van der Waals surface area contributed by atoms with Crippen LogP contribution in [0.5, 0.6) is 11.5 Å². The summed E-state index contributed by atoms with van der Waals surface area (Å²) in [7, 11) is 0. The molecule has 2 heteroatoms. The SMILES string of the molecule is C/C=C/c1ccc(COc2cc(C)c(O)c(C(C)(C)C)c2)cc1. The van der Waals surface area contributed by atoms with Crippen molar-refractivity contribution < 1.29 is 9.84 Å². The largest absolute Gasteiger partial charge is 0.507 e. The first-order valence-corrected chi connectivity index (χ1v) is 8.00. The van der Waals surface area contributed by atoms with Crippen molar-refractivity contribution >= 4 is 6.08 Å². The molecule has 0 aliphatic rings. The number of rotatable bonds is 4. The minimum absolute atomic E-state index is 0.123. The Morgan fingerprint density at radius 2 is 1.74 bits per heavy atom. The van der Waals surface area contributed by atoms with Gasteiger partial charge in [0.1, 0.15) is 18.1 Å². The topological polar surface area (TPSA) is 29.5 Å². The van der Waals surface area contributed by atoms with Crippen LogP contribution in [0.1, 0.15) is 49.9 Å². The molecule has 0 heterocycles. The van der Waals surface area contributed by atoms with E-state index in [4.69, 9.17) is 4.74 Å². The number of ether oxygens (including phenoxy) is 1. The van der Waals surface area contributed by atoms with Crippen LogP contribution in [0.4, 0.5) is 0 Å². The lowest BCUT2D eigenvalue weighted by atomic mass is 9.85. The number of phenols is 1. The van der Waals surface area contributed by atoms with E-state index < -0.39 is 0 Å². The minimum Gasteiger partial charge on any atom is -0.507 e. The number of hydrogen-bond donors (Lipinski definition) is 1. The fourth-order valence-electron chi connectivity index (χ4n) is 2.49. The molecule has 0 saturated carbocycles. The van der Waals surface area contributed by atoms with Crippen molar-refractivity contribution in [2.75, 3.05) is 0 Å². The molecule has 1 N–H and O–H groups in total. The average Bonchev–Trinajstić information content (AvgIpc) is 2.49. The maximum atomic E-state index is 10.3. The molecule has 2 rings (SSSR count). The van der Waals surface area contributed by atoms with Gasteiger partial charge in [0.25, 0.3) is 0 Å². The van der Waals surface area contributed by atoms with Crippen molar-refractivity contribution in [2.45, 2.75) is 46.6 Å². The quantitative estimate of drug-likeness (QED) is 0.795. The molecule has 0 radical (unpaired) electrons. The van der Waals surface area contributed by atoms with Crippen LogP contribution < -0.4 is 4.74 Å². The number of phenolic OH excluding ortho intramolecular Hbond substituents is 1. The van der Waals surface area contributed by atoms with E-state index in [2.05, 4.69) is 51.1 Å². The molecular formula is C21H26O2. The summed E-state index contributed by atoms with van der Waals surface area (Å²) in [4.78, 5) is 0. The lowest BCUT2D eigenvalue weighted by molar-refractivity contribution is 0.304. The van der Waals surface area contributed by atoms with Crippen LogP contribution in [0, 0.1) is 6.92 Å². The molecule has 2 nitrogen and oxygen atoms in total. The maximum absolute atomic E-state index is 10.3. The molecule has 0 aliphatic carbocycles. The number of benzene rings is 2. The van der Waals surface area contributed by atoms with E-state index in [1.54, 1.807) is 0 Å². The van der Waals surface area contributed by atoms with E-state index >= 15 is 0 Å². The van der Waals surface area contributed by atoms with Gasteiger partial charge in [-0.2, -0.15) is 0 Å². The second-order valence-electron chi connectivity index (χ2n) is 6.92. The van der Waals surface area contributed by atoms with E-state index in [9.17, 15) is 5.11 Å². The molecule has 0 saturated heterocycles. The predicted molar refractivity (Wildman–Crippen MR) is 97.0 cm³/mol. The van der Waals surface area contributed by atoms with Crippen LogP contribution in [-0.2, 0) is 12.0 Å². The lowest BCUT2D eigenvalue weighted by Crippen LogP contribution is -2.12. The fraction of sp³-hybridized carbons (Fsp3) is 0.333. The third-order valence-corrected chi connectivity index (χ3v) is 3.83. The summed E-state index contributed by atoms with van der Waals surface area (Å²) in [5, 5.41) is 10.3. The molecule has 0 unspecified atom stereocenters. The molecule has 2 aromatic rings. The van der Waals surface area contributed by atoms with Gasteiger partial charge in [-0.1, -0.05) is 57.2 Å². The zero-order valence-corrected chi connectivity index (χ0v) is 14.7. The highest BCUT2D eigenvalue weighted by molar-refractivity contribution is 5.50. The van der Waals surface area contributed by atoms with Crippen LogP contribution in [0.3, 0.4) is 0 Å². The minimum atomic E-state index is -0.123. The summed E-state index contributed by atoms with van der Waals surface area (Å²) in [6, 6.07) is 12.2. The van der Waals surface area contributed by atoms with E-state index in [0.717, 1.165) is 22.4 Å². The number of hydrogen-bond acceptors (Lipinski definition) is 2. The van der Waals surface area contributed by atoms with Crippen molar-refractivity contribution in [1.29, 1.82) is 0 Å². The Kier molecular flexibility index (Phi) is 5.15. The number of aromatic hydroxyl groups is 1. The van der Waals surface area contributed by atoms with E-state index in [-0.39, 0.29) is 5.41 Å². The van der Waals surface area contributed by atoms with Gasteiger partial charge < -0.3 is 9.84 Å². The Morgan fingerprint density at radius 1 is 1.09 bits per heavy atom. The highest BCUT2D eigenvalue weighted by atomic mass is 16.5. The predicted octanol–water partition coefficient (Wildman–Crippen LogP) is 5.61. The molecule has 0 aliphatic heterocycles. The molecule has 0 bridgehead atoms. The van der Waals surface area contributed by atoms with Crippen molar-refractivity contribution in [1.82, 2.24) is 0 Å². The molecule has 0 fully saturated rings. The molecule has 0 amide bonds. The first-order valence-electron chi connectivity index (χ1n) is 8.00. The van der Waals surface area contributed by atoms with E-state index in [1.807, 2.05) is 32.1 Å². The highest BCUT2D eigenvalue weighted by Crippen LogP contribution is 2.36. The Labute approximate surface area is 139 Å². The van der Waals surface area contributed by atoms with Gasteiger partial charge in [0.05, 0.1) is 0 Å². The zero-order valence-electron chi connectivity index (χ0n) is 14.7. The van der Waals surface area contributed by atoms with E-state index in [0.29, 0.717) is 12.4 Å². The van der Waals surface area contributed by atoms with E-state index in [1.165, 1.54) is 5.56 Å². The van der Waals surface area contributed by atoms with Gasteiger partial charge in [0.15, 0.2) is 0 Å². The summed E-state index contributed by atoms with van der Waals surface area (Å²) < 4.78 is 5.93. The Bertz CT molecular complexity index is 689. The van der Waals surface area contributed by atoms with Crippen molar-refractivity contribution in [3.05, 3.63) is 64.7 Å². The summed E-state index contributed by atoms with van der Waals surface area (Å²) in [6.45, 7) is 10.7. The van der Waals surface area contributed by atoms with Crippen LogP contribution in [0.2, 0.25) is 0 Å². The summed E-state index contributed by atoms with van der Waals surface area (Å²) in [5.41, 5.74) is 3.95. The van der Waals surface area contributed by atoms with Crippen LogP contribution in [0.25, 0.3) is 6.08 Å². The molecule has 2 aromatic carbocycles. The highest BCUT2D eigenvalue weighted by Gasteiger charge is 2.20. The fourth-order valence-corrected chi connectivity index (χ4v) is 2.49. The lowest BCUT2D eigenvalue weighted by Gasteiger charge is -2.22. The molecular weight excluding hydrogens is 284 g/mol. The standard InChI is InChI=1S/C21H26O2/c1-6-7-16-8-10-17(11-9-16)14-23-18-12-15(2)20(22)19(13-18)21(3,4)5/h6-13,22H,14H2,1-5H3/b7-6+. The monoisotopic (exact) mass is 310 g/mol. The van der Waals surface area contributed by atoms with Gasteiger partial charge in [-0.05, 0) is 48.1 Å². The molecule has 0 atom stereocenters. The van der Waals surface area contributed by atoms with Crippen molar-refractivity contribution in [3.63, 3.8) is 0 Å². The van der Waals surface area contributed by atoms with Gasteiger partial charge in [0.2, 0.25) is 0 Å². The maximum Gasteiger partial charge on any atom is 0.122 e. The normalized spacial score (nSPS) is 11.9. The second-order valence-corrected chi connectivity index (χ2v) is 6.92. The van der Waals surface area contributed by atoms with Crippen molar-refractivity contribution in [2.24, 2.45) is 0 Å². The van der Waals surface area contributed by atoms with Gasteiger partial charge in [0, 0.05) is 5.56 Å². The molecule has 23 heavy (non-hydrogen) atoms. The van der Waals surface area contributed by atoms with Crippen LogP contribution in [-0.4, -0.2) is 5.11 Å². The smallest absolute Gasteiger partial charge is 0.122 e. The summed E-state index contributed by atoms with van der Waals surface area (Å²) in [6.07, 6.45) is 4.10. The molecule has 0 aromatic heterocycles. The molecule has 122 valence electrons. The van der Waals surface area contributed by atoms with Crippen molar-refractivity contribution in [3.8, 4) is 11.5 Å².